The minimum absolute atomic E-state index is 0.653. The molecule has 0 aromatic heterocycles. The van der Waals surface area contributed by atoms with Gasteiger partial charge in [-0.25, -0.2) is 35.3 Å². The number of carboxylic acid groups (broad SMARTS) is 3. The van der Waals surface area contributed by atoms with Gasteiger partial charge in [-0.3, -0.25) is 36.4 Å². The van der Waals surface area contributed by atoms with E-state index in [1.807, 2.05) is 0 Å². The van der Waals surface area contributed by atoms with E-state index in [1.54, 1.807) is 0 Å². The third-order valence-electron chi connectivity index (χ3n) is 14.4. The molecule has 64 heteroatoms. The first-order valence-electron chi connectivity index (χ1n) is 26.5. The van der Waals surface area contributed by atoms with Crippen LogP contribution in [0.3, 0.4) is 0 Å². The van der Waals surface area contributed by atoms with Crippen LogP contribution >= 0.6 is 0 Å². The lowest BCUT2D eigenvalue weighted by molar-refractivity contribution is -0.373. The van der Waals surface area contributed by atoms with E-state index in [0.29, 0.717) is 0 Å². The quantitative estimate of drug-likeness (QED) is 0.0287. The van der Waals surface area contributed by atoms with E-state index in [2.05, 4.69) is 20.9 Å². The number of carbonyl (C=O) groups is 3. The topological polar surface area (TPSA) is 861 Å². The molecule has 100 heavy (non-hydrogen) atoms. The first kappa shape index (κ1) is 83.9. The summed E-state index contributed by atoms with van der Waals surface area (Å²) in [6.45, 7) is -4.41. The van der Waals surface area contributed by atoms with Gasteiger partial charge in [-0.2, -0.15) is 81.5 Å². The second kappa shape index (κ2) is 31.6. The van der Waals surface area contributed by atoms with Crippen molar-refractivity contribution in [1.82, 2.24) is 14.2 Å². The molecule has 0 amide bonds. The van der Waals surface area contributed by atoms with E-state index in [1.165, 1.54) is 14.2 Å². The molecule has 0 radical (unpaired) electrons. The van der Waals surface area contributed by atoms with Gasteiger partial charge in [-0.05, 0) is 0 Å². The van der Waals surface area contributed by atoms with E-state index in [0.717, 1.165) is 0 Å². The molecule has 7 aliphatic rings. The van der Waals surface area contributed by atoms with Gasteiger partial charge in [0.05, 0.1) is 25.9 Å². The van der Waals surface area contributed by atoms with E-state index in [4.69, 9.17) is 56.8 Å². The molecule has 0 aromatic rings. The summed E-state index contributed by atoms with van der Waals surface area (Å²) in [4.78, 5) is 38.0. The normalized spacial score (nSPS) is 40.5. The van der Waals surface area contributed by atoms with Crippen molar-refractivity contribution in [3.8, 4) is 0 Å². The Morgan fingerprint density at radius 1 is 0.370 bits per heavy atom. The molecule has 7 fully saturated rings. The maximum Gasteiger partial charge on any atom is 0.397 e. The highest BCUT2D eigenvalue weighted by molar-refractivity contribution is 7.84. The monoisotopic (exact) mass is 1630 g/mol. The molecule has 7 rings (SSSR count). The van der Waals surface area contributed by atoms with Gasteiger partial charge in [-0.1, -0.05) is 0 Å². The Labute approximate surface area is 558 Å². The zero-order chi connectivity index (χ0) is 75.4. The lowest BCUT2D eigenvalue weighted by Crippen LogP contribution is -2.71. The number of aliphatic hydroxyl groups is 6. The molecule has 0 saturated carbocycles. The SMILES string of the molecule is O=C(O)C1CC(O)C(OS(=O)(=O)O)C(OC2C(COS(=O)(=O)O)OC(OC3C(C(=O)O)OC(OC4C(COS(=O)(=O)O)OC(OC5C(C(=O)O)OC(OC6C7COC(O7)C(NS(=O)(=O)O)C6O)C(OS(=O)(=O)O)C5O)C(NS(=O)(=O)O)C4O)C(OS(=O)(=O)O)C3O)C(NS(=O)(=O)O)C2O)O1. The average molecular weight is 1640 g/mol. The van der Waals surface area contributed by atoms with Crippen LogP contribution in [0.15, 0.2) is 0 Å². The van der Waals surface area contributed by atoms with E-state index in [-0.39, 0.29) is 0 Å². The van der Waals surface area contributed by atoms with Crippen molar-refractivity contribution in [1.29, 1.82) is 0 Å². The van der Waals surface area contributed by atoms with Crippen LogP contribution in [0.5, 0.6) is 0 Å². The second-order valence-electron chi connectivity index (χ2n) is 21.3. The van der Waals surface area contributed by atoms with Gasteiger partial charge >= 0.3 is 101 Å². The molecular formula is C36H57N3O53S8. The van der Waals surface area contributed by atoms with Crippen LogP contribution in [0.2, 0.25) is 0 Å². The third-order valence-corrected chi connectivity index (χ3v) is 18.4. The Kier molecular flexibility index (Phi) is 26.5. The predicted octanol–water partition coefficient (Wildman–Crippen LogP) is -14.4. The first-order chi connectivity index (χ1) is 45.5. The van der Waals surface area contributed by atoms with Crippen LogP contribution in [0.1, 0.15) is 6.42 Å². The van der Waals surface area contributed by atoms with E-state index in [9.17, 15) is 164 Å². The van der Waals surface area contributed by atoms with Gasteiger partial charge in [0.2, 0.25) is 0 Å². The molecule has 0 aromatic carbocycles. The second-order valence-corrected chi connectivity index (χ2v) is 30.2. The number of rotatable bonds is 31. The van der Waals surface area contributed by atoms with Gasteiger partial charge in [0, 0.05) is 6.42 Å². The summed E-state index contributed by atoms with van der Waals surface area (Å²) in [7, 11) is -46.9. The summed E-state index contributed by atoms with van der Waals surface area (Å²) in [5.41, 5.74) is 0. The first-order valence-corrected chi connectivity index (χ1v) is 37.7. The molecule has 20 N–H and O–H groups in total. The molecule has 7 heterocycles. The highest BCUT2D eigenvalue weighted by Gasteiger charge is 2.62. The number of aliphatic carboxylic acids is 3. The number of hydrogen-bond acceptors (Lipinski definition) is 42. The van der Waals surface area contributed by atoms with Crippen LogP contribution < -0.4 is 14.2 Å². The average Bonchev–Trinajstić information content (AvgIpc) is 1.06. The van der Waals surface area contributed by atoms with Crippen LogP contribution in [0.25, 0.3) is 0 Å². The van der Waals surface area contributed by atoms with E-state index < -0.39 is 305 Å². The highest BCUT2D eigenvalue weighted by Crippen LogP contribution is 2.40. The lowest BCUT2D eigenvalue weighted by atomic mass is 9.94. The number of hydrogen-bond donors (Lipinski definition) is 20. The van der Waals surface area contributed by atoms with Crippen molar-refractivity contribution in [2.24, 2.45) is 0 Å². The number of ether oxygens (including phenoxy) is 12. The van der Waals surface area contributed by atoms with Crippen LogP contribution in [0.4, 0.5) is 0 Å². The Balaban J connectivity index is 1.24. The minimum atomic E-state index is -6.28. The Hall–Kier alpha value is -3.35. The van der Waals surface area contributed by atoms with Gasteiger partial charge in [0.1, 0.15) is 97.5 Å². The van der Waals surface area contributed by atoms with Crippen molar-refractivity contribution in [3.05, 3.63) is 0 Å². The largest absolute Gasteiger partial charge is 0.479 e. The van der Waals surface area contributed by atoms with E-state index >= 15 is 0 Å². The number of carboxylic acids is 3. The molecular weight excluding hydrogens is 1580 g/mol. The van der Waals surface area contributed by atoms with Crippen molar-refractivity contribution in [2.45, 2.75) is 184 Å². The molecule has 29 atom stereocenters. The fraction of sp³-hybridized carbons (Fsp3) is 0.917. The summed E-state index contributed by atoms with van der Waals surface area (Å²) in [6, 6.07) is -8.03. The molecule has 7 aliphatic heterocycles. The maximum absolute atomic E-state index is 13.1. The van der Waals surface area contributed by atoms with Gasteiger partial charge in [-0.15, -0.1) is 0 Å². The molecule has 0 aliphatic carbocycles. The Morgan fingerprint density at radius 3 is 1.06 bits per heavy atom. The van der Waals surface area contributed by atoms with Crippen LogP contribution in [0, 0.1) is 0 Å². The summed E-state index contributed by atoms with van der Waals surface area (Å²) in [6.07, 6.45) is -73.8. The zero-order valence-corrected chi connectivity index (χ0v) is 54.7. The minimum Gasteiger partial charge on any atom is -0.479 e. The fourth-order valence-electron chi connectivity index (χ4n) is 10.6. The maximum atomic E-state index is 13.1. The predicted molar refractivity (Wildman–Crippen MR) is 286 cm³/mol. The summed E-state index contributed by atoms with van der Waals surface area (Å²) >= 11 is 0. The van der Waals surface area contributed by atoms with Crippen LogP contribution in [-0.2, 0) is 175 Å². The van der Waals surface area contributed by atoms with Crippen molar-refractivity contribution < 1.29 is 242 Å². The van der Waals surface area contributed by atoms with Crippen molar-refractivity contribution >= 4 is 101 Å². The number of fused-ring (bicyclic) bond motifs is 2. The highest BCUT2D eigenvalue weighted by atomic mass is 32.3. The lowest BCUT2D eigenvalue weighted by Gasteiger charge is -2.50. The molecule has 582 valence electrons. The third kappa shape index (κ3) is 22.6. The van der Waals surface area contributed by atoms with Crippen molar-refractivity contribution in [2.75, 3.05) is 19.8 Å². The molecule has 2 bridgehead atoms. The standard InChI is InChI=1S/C36H57N3O53S8/c40-5-1-6(28(46)47)79-34(18(5)90-98(67,68)69)83-20-8(3-77-96(61,62)63)81-32(11(14(20)42)38-94(55,56)57)86-23-17(45)25(92-100(73,74)75)36(89-27(23)30(50)51)85-21-9(4-78-97(64,65)66)82-33(12(15(21)43)39-95(58,59)60)87-22-16(44)24(91-99(70,71)72)35(88-26(22)29(48)49)84-19-7-2-76-31(80-7)10(13(19)41)37-93(52,53)54/h5-27,31-45H,1-4H2,(H,46,47)(H,48,49)(H,50,51)(H,52,53,54)(H,55,56,57)(H,58,59,60)(H,61,62,63)(H,64,65,66)(H,67,68,69)(H,70,71,72)(H,73,74,75). The molecule has 7 saturated heterocycles. The molecule has 29 unspecified atom stereocenters. The molecule has 0 spiro atoms. The Morgan fingerprint density at radius 2 is 0.710 bits per heavy atom. The number of nitrogens with one attached hydrogen (secondary N) is 3. The zero-order valence-electron chi connectivity index (χ0n) is 48.1. The van der Waals surface area contributed by atoms with Gasteiger partial charge < -0.3 is 103 Å². The number of aliphatic hydroxyl groups excluding tert-OH is 6. The summed E-state index contributed by atoms with van der Waals surface area (Å²) < 4.78 is 362. The fourth-order valence-corrected chi connectivity index (χ4v) is 14.5. The molecule has 56 nitrogen and oxygen atoms in total. The van der Waals surface area contributed by atoms with Gasteiger partial charge in [0.15, 0.2) is 74.4 Å². The summed E-state index contributed by atoms with van der Waals surface area (Å²) in [5.74, 6) is -6.89. The van der Waals surface area contributed by atoms with Crippen LogP contribution in [-0.4, -0.2) is 365 Å². The summed E-state index contributed by atoms with van der Waals surface area (Å²) in [5, 5.41) is 99.5. The smallest absolute Gasteiger partial charge is 0.397 e. The van der Waals surface area contributed by atoms with Gasteiger partial charge in [0.25, 0.3) is 0 Å². The van der Waals surface area contributed by atoms with Crippen molar-refractivity contribution in [3.63, 3.8) is 0 Å². The Bertz CT molecular complexity index is 3890.